The fourth-order valence-corrected chi connectivity index (χ4v) is 5.27. The molecule has 0 saturated heterocycles. The monoisotopic (exact) mass is 582 g/mol. The third kappa shape index (κ3) is 11.3. The zero-order valence-corrected chi connectivity index (χ0v) is 23.6. The number of hydrogen-bond donors (Lipinski definition) is 7. The van der Waals surface area contributed by atoms with E-state index in [0.717, 1.165) is 21.7 Å². The van der Waals surface area contributed by atoms with Gasteiger partial charge in [0, 0.05) is 30.5 Å². The van der Waals surface area contributed by atoms with Gasteiger partial charge < -0.3 is 36.9 Å². The summed E-state index contributed by atoms with van der Waals surface area (Å²) in [5, 5.41) is 23.9. The van der Waals surface area contributed by atoms with Crippen molar-refractivity contribution in [2.75, 3.05) is 32.1 Å². The van der Waals surface area contributed by atoms with E-state index in [1.807, 2.05) is 60.7 Å². The van der Waals surface area contributed by atoms with Crippen LogP contribution in [0.15, 0.2) is 71.9 Å². The molecule has 11 nitrogen and oxygen atoms in total. The molecule has 1 aromatic heterocycles. The number of pyridine rings is 1. The van der Waals surface area contributed by atoms with Gasteiger partial charge in [0.15, 0.2) is 11.9 Å². The van der Waals surface area contributed by atoms with Gasteiger partial charge in [-0.25, -0.2) is 4.98 Å². The maximum Gasteiger partial charge on any atom is 0.221 e. The van der Waals surface area contributed by atoms with Gasteiger partial charge in [-0.2, -0.15) is 0 Å². The first-order valence-corrected chi connectivity index (χ1v) is 14.8. The number of nitrogens with two attached hydrogens (primary N) is 2. The molecule has 0 aliphatic heterocycles. The number of nitrogens with zero attached hydrogens (tertiary/aromatic N) is 1. The lowest BCUT2D eigenvalue weighted by molar-refractivity contribution is -0.120. The summed E-state index contributed by atoms with van der Waals surface area (Å²) in [7, 11) is 3.14. The summed E-state index contributed by atoms with van der Waals surface area (Å²) in [5.74, 6) is 1.70. The Labute approximate surface area is 241 Å². The highest BCUT2D eigenvalue weighted by Gasteiger charge is 2.10. The molecule has 13 heteroatoms. The van der Waals surface area contributed by atoms with E-state index in [1.54, 1.807) is 27.8 Å². The summed E-state index contributed by atoms with van der Waals surface area (Å²) in [6, 6.07) is 19.2. The van der Waals surface area contributed by atoms with Crippen LogP contribution in [0, 0.1) is 10.8 Å². The Kier molecular flexibility index (Phi) is 12.8. The Balaban J connectivity index is 1.60. The second-order valence-corrected chi connectivity index (χ2v) is 10.8. The summed E-state index contributed by atoms with van der Waals surface area (Å²) in [6.07, 6.45) is 2.13. The number of rotatable bonds is 16. The molecule has 0 fully saturated rings. The van der Waals surface area contributed by atoms with Crippen LogP contribution in [0.4, 0.5) is 0 Å². The third-order valence-electron chi connectivity index (χ3n) is 5.27. The van der Waals surface area contributed by atoms with E-state index in [4.69, 9.17) is 31.8 Å². The zero-order valence-electron chi connectivity index (χ0n) is 21.9. The summed E-state index contributed by atoms with van der Waals surface area (Å²) in [5.41, 5.74) is 13.3. The summed E-state index contributed by atoms with van der Waals surface area (Å²) in [4.78, 5) is 16.7. The van der Waals surface area contributed by atoms with Crippen LogP contribution in [0.1, 0.15) is 12.0 Å². The molecule has 40 heavy (non-hydrogen) atoms. The smallest absolute Gasteiger partial charge is 0.221 e. The van der Waals surface area contributed by atoms with Crippen molar-refractivity contribution in [2.45, 2.75) is 18.0 Å². The first-order valence-electron chi connectivity index (χ1n) is 12.5. The van der Waals surface area contributed by atoms with E-state index in [0.29, 0.717) is 49.9 Å². The Bertz CT molecular complexity index is 1260. The van der Waals surface area contributed by atoms with Gasteiger partial charge in [-0.1, -0.05) is 41.1 Å². The molecule has 0 atom stereocenters. The highest BCUT2D eigenvalue weighted by Crippen LogP contribution is 2.31. The molecule has 2 aromatic carbocycles. The second kappa shape index (κ2) is 16.8. The molecule has 0 aliphatic carbocycles. The average Bonchev–Trinajstić information content (AvgIpc) is 2.95. The molecule has 3 rings (SSSR count). The molecule has 0 aliphatic rings. The highest BCUT2D eigenvalue weighted by molar-refractivity contribution is 8.76. The third-order valence-corrected chi connectivity index (χ3v) is 7.53. The number of amides is 1. The zero-order chi connectivity index (χ0) is 28.6. The van der Waals surface area contributed by atoms with E-state index >= 15 is 0 Å². The van der Waals surface area contributed by atoms with E-state index in [9.17, 15) is 4.79 Å². The van der Waals surface area contributed by atoms with Crippen LogP contribution in [0.3, 0.4) is 0 Å². The topological polar surface area (TPSA) is 184 Å². The first kappa shape index (κ1) is 30.4. The molecule has 1 heterocycles. The number of aromatic nitrogens is 1. The van der Waals surface area contributed by atoms with Crippen molar-refractivity contribution in [1.82, 2.24) is 20.9 Å². The van der Waals surface area contributed by atoms with Gasteiger partial charge >= 0.3 is 0 Å². The predicted molar refractivity (Wildman–Crippen MR) is 162 cm³/mol. The number of carbonyl (C=O) groups is 1. The normalized spacial score (nSPS) is 10.4. The van der Waals surface area contributed by atoms with Gasteiger partial charge in [-0.05, 0) is 52.3 Å². The maximum atomic E-state index is 12.5. The quantitative estimate of drug-likeness (QED) is 0.0573. The molecule has 0 spiro atoms. The van der Waals surface area contributed by atoms with Crippen molar-refractivity contribution in [2.24, 2.45) is 11.5 Å². The van der Waals surface area contributed by atoms with Crippen LogP contribution in [-0.2, 0) is 11.3 Å². The second-order valence-electron chi connectivity index (χ2n) is 8.33. The minimum Gasteiger partial charge on any atom is -0.492 e. The van der Waals surface area contributed by atoms with Crippen LogP contribution in [0.5, 0.6) is 11.5 Å². The van der Waals surface area contributed by atoms with Crippen molar-refractivity contribution in [1.29, 1.82) is 10.8 Å². The fourth-order valence-electron chi connectivity index (χ4n) is 3.40. The Morgan fingerprint density at radius 3 is 2.35 bits per heavy atom. The Hall–Kier alpha value is -4.10. The Morgan fingerprint density at radius 2 is 1.62 bits per heavy atom. The largest absolute Gasteiger partial charge is 0.492 e. The number of guanidine groups is 2. The standard InChI is InChI=1S/C27H34N8O3S2/c28-26(29)33-11-13-37-22-5-3-4-19(16-22)20-7-8-21(23(17-20)38-14-12-34-27(30)31)18-35-24(36)9-15-39-40-25-6-1-2-10-32-25/h1-8,10,16-17H,9,11-15,18H2,(H,35,36)(H4,28,29,33)(H4,30,31,34). The van der Waals surface area contributed by atoms with Crippen molar-refractivity contribution >= 4 is 39.4 Å². The average molecular weight is 583 g/mol. The van der Waals surface area contributed by atoms with Crippen LogP contribution in [0.2, 0.25) is 0 Å². The van der Waals surface area contributed by atoms with Crippen molar-refractivity contribution in [3.63, 3.8) is 0 Å². The van der Waals surface area contributed by atoms with Crippen LogP contribution < -0.4 is 36.9 Å². The summed E-state index contributed by atoms with van der Waals surface area (Å²) >= 11 is 0. The van der Waals surface area contributed by atoms with Gasteiger partial charge in [0.05, 0.1) is 13.1 Å². The summed E-state index contributed by atoms with van der Waals surface area (Å²) in [6.45, 7) is 1.76. The molecule has 0 radical (unpaired) electrons. The maximum absolute atomic E-state index is 12.5. The number of benzene rings is 2. The molecule has 0 saturated carbocycles. The number of hydrogen-bond acceptors (Lipinski definition) is 8. The van der Waals surface area contributed by atoms with Crippen molar-refractivity contribution in [3.8, 4) is 22.6 Å². The van der Waals surface area contributed by atoms with Gasteiger partial charge in [-0.15, -0.1) is 0 Å². The van der Waals surface area contributed by atoms with Crippen LogP contribution >= 0.6 is 21.6 Å². The van der Waals surface area contributed by atoms with Gasteiger partial charge in [0.1, 0.15) is 29.7 Å². The van der Waals surface area contributed by atoms with Crippen molar-refractivity contribution in [3.05, 3.63) is 72.4 Å². The van der Waals surface area contributed by atoms with Gasteiger partial charge in [0.2, 0.25) is 5.91 Å². The van der Waals surface area contributed by atoms with E-state index in [1.165, 1.54) is 0 Å². The van der Waals surface area contributed by atoms with Crippen molar-refractivity contribution < 1.29 is 14.3 Å². The molecule has 0 bridgehead atoms. The van der Waals surface area contributed by atoms with Gasteiger partial charge in [-0.3, -0.25) is 15.6 Å². The van der Waals surface area contributed by atoms with E-state index in [2.05, 4.69) is 20.9 Å². The molecule has 3 aromatic rings. The van der Waals surface area contributed by atoms with E-state index < -0.39 is 0 Å². The predicted octanol–water partition coefficient (Wildman–Crippen LogP) is 2.92. The van der Waals surface area contributed by atoms with Gasteiger partial charge in [0.25, 0.3) is 0 Å². The lowest BCUT2D eigenvalue weighted by atomic mass is 10.0. The number of nitrogens with one attached hydrogen (secondary N) is 5. The fraction of sp³-hybridized carbons (Fsp3) is 0.259. The molecular weight excluding hydrogens is 548 g/mol. The van der Waals surface area contributed by atoms with Crippen LogP contribution in [-0.4, -0.2) is 54.9 Å². The van der Waals surface area contributed by atoms with E-state index in [-0.39, 0.29) is 24.4 Å². The SMILES string of the molecule is N=C(N)NCCOc1cccc(-c2ccc(CNC(=O)CCSSc3ccccn3)c(OCCNC(=N)N)c2)c1. The van der Waals surface area contributed by atoms with Crippen LogP contribution in [0.25, 0.3) is 11.1 Å². The molecular formula is C27H34N8O3S2. The first-order chi connectivity index (χ1) is 19.4. The highest BCUT2D eigenvalue weighted by atomic mass is 33.1. The Morgan fingerprint density at radius 1 is 0.875 bits per heavy atom. The summed E-state index contributed by atoms with van der Waals surface area (Å²) < 4.78 is 11.8. The number of ether oxygens (including phenoxy) is 2. The molecule has 1 amide bonds. The lowest BCUT2D eigenvalue weighted by Crippen LogP contribution is -2.33. The lowest BCUT2D eigenvalue weighted by Gasteiger charge is -2.15. The molecule has 9 N–H and O–H groups in total. The molecule has 0 unspecified atom stereocenters. The number of carbonyl (C=O) groups excluding carboxylic acids is 1. The molecule has 212 valence electrons. The minimum atomic E-state index is -0.126. The minimum absolute atomic E-state index is 0.0495.